The highest BCUT2D eigenvalue weighted by molar-refractivity contribution is 6.05. The number of alkyl halides is 3. The van der Waals surface area contributed by atoms with Crippen LogP contribution in [0.2, 0.25) is 0 Å². The van der Waals surface area contributed by atoms with Crippen LogP contribution < -0.4 is 21.9 Å². The van der Waals surface area contributed by atoms with Crippen molar-refractivity contribution in [2.24, 2.45) is 11.6 Å². The molecule has 0 radical (unpaired) electrons. The number of H-pyrrole nitrogens is 1. The fourth-order valence-corrected chi connectivity index (χ4v) is 4.15. The predicted octanol–water partition coefficient (Wildman–Crippen LogP) is 5.76. The molecule has 0 aliphatic rings. The van der Waals surface area contributed by atoms with E-state index in [4.69, 9.17) is 11.6 Å². The van der Waals surface area contributed by atoms with Gasteiger partial charge in [0.25, 0.3) is 5.91 Å². The number of nitrogens with two attached hydrogens (primary N) is 2. The zero-order valence-electron chi connectivity index (χ0n) is 23.0. The van der Waals surface area contributed by atoms with E-state index in [9.17, 15) is 22.4 Å². The largest absolute Gasteiger partial charge is 0.419 e. The number of hydrogen-bond donors (Lipinski definition) is 4. The second-order valence-corrected chi connectivity index (χ2v) is 10.1. The van der Waals surface area contributed by atoms with Crippen LogP contribution in [-0.4, -0.2) is 33.9 Å². The van der Waals surface area contributed by atoms with Crippen LogP contribution in [0.5, 0.6) is 0 Å². The number of pyridine rings is 1. The molecule has 0 aliphatic heterocycles. The Morgan fingerprint density at radius 2 is 1.88 bits per heavy atom. The maximum Gasteiger partial charge on any atom is 0.419 e. The maximum absolute atomic E-state index is 14.8. The molecule has 4 rings (SSSR count). The smallest absolute Gasteiger partial charge is 0.397 e. The molecule has 0 aliphatic carbocycles. The Balaban J connectivity index is 1.61. The van der Waals surface area contributed by atoms with E-state index in [1.165, 1.54) is 29.4 Å². The Morgan fingerprint density at radius 3 is 2.56 bits per heavy atom. The van der Waals surface area contributed by atoms with Gasteiger partial charge in [0.05, 0.1) is 16.9 Å². The number of anilines is 2. The van der Waals surface area contributed by atoms with Crippen LogP contribution in [0.15, 0.2) is 61.1 Å². The van der Waals surface area contributed by atoms with Crippen LogP contribution in [0.1, 0.15) is 46.5 Å². The zero-order valence-corrected chi connectivity index (χ0v) is 23.0. The predicted molar refractivity (Wildman–Crippen MR) is 152 cm³/mol. The molecule has 6 N–H and O–H groups in total. The van der Waals surface area contributed by atoms with Gasteiger partial charge in [-0.3, -0.25) is 14.7 Å². The quantitative estimate of drug-likeness (QED) is 0.122. The first-order chi connectivity index (χ1) is 19.2. The Hall–Kier alpha value is -4.42. The van der Waals surface area contributed by atoms with Crippen LogP contribution in [0, 0.1) is 12.7 Å². The molecule has 0 fully saturated rings. The van der Waals surface area contributed by atoms with Gasteiger partial charge >= 0.3 is 6.18 Å². The summed E-state index contributed by atoms with van der Waals surface area (Å²) < 4.78 is 55.7. The first-order valence-corrected chi connectivity index (χ1v) is 12.7. The number of nitrogens with zero attached hydrogens (tertiary/aromatic N) is 3. The van der Waals surface area contributed by atoms with Crippen LogP contribution in [0.25, 0.3) is 16.7 Å². The van der Waals surface area contributed by atoms with Crippen molar-refractivity contribution in [2.75, 3.05) is 17.4 Å². The molecule has 0 unspecified atom stereocenters. The van der Waals surface area contributed by atoms with E-state index in [1.807, 2.05) is 26.0 Å². The lowest BCUT2D eigenvalue weighted by molar-refractivity contribution is -0.140. The summed E-state index contributed by atoms with van der Waals surface area (Å²) in [7, 11) is 1.67. The number of aromatic amines is 1. The van der Waals surface area contributed by atoms with Crippen LogP contribution in [0.4, 0.5) is 28.9 Å². The summed E-state index contributed by atoms with van der Waals surface area (Å²) in [5, 5.41) is 4.59. The molecule has 2 aromatic heterocycles. The molecular formula is C29H31F4N7O. The van der Waals surface area contributed by atoms with Gasteiger partial charge in [0, 0.05) is 58.9 Å². The third-order valence-electron chi connectivity index (χ3n) is 6.77. The summed E-state index contributed by atoms with van der Waals surface area (Å²) in [6.07, 6.45) is -0.106. The fraction of sp³-hybridized carbons (Fsp3) is 0.241. The van der Waals surface area contributed by atoms with Crippen LogP contribution >= 0.6 is 0 Å². The summed E-state index contributed by atoms with van der Waals surface area (Å²) in [5.41, 5.74) is 7.39. The molecule has 2 heterocycles. The van der Waals surface area contributed by atoms with Gasteiger partial charge in [0.1, 0.15) is 11.5 Å². The number of carbonyl (C=O) groups excluding carboxylic acids is 1. The van der Waals surface area contributed by atoms with Crippen LogP contribution in [-0.2, 0) is 12.7 Å². The number of hydrazine groups is 1. The van der Waals surface area contributed by atoms with Crippen molar-refractivity contribution in [3.8, 4) is 0 Å². The minimum atomic E-state index is -4.94. The van der Waals surface area contributed by atoms with E-state index in [2.05, 4.69) is 15.3 Å². The Labute approximate surface area is 234 Å². The highest BCUT2D eigenvalue weighted by atomic mass is 19.4. The summed E-state index contributed by atoms with van der Waals surface area (Å²) in [4.78, 5) is 22.1. The molecule has 0 bridgehead atoms. The van der Waals surface area contributed by atoms with Gasteiger partial charge in [-0.25, -0.2) is 15.2 Å². The van der Waals surface area contributed by atoms with Crippen LogP contribution in [0.3, 0.4) is 0 Å². The minimum absolute atomic E-state index is 0.0388. The highest BCUT2D eigenvalue weighted by Crippen LogP contribution is 2.35. The van der Waals surface area contributed by atoms with Gasteiger partial charge in [0.2, 0.25) is 0 Å². The monoisotopic (exact) mass is 569 g/mol. The van der Waals surface area contributed by atoms with Gasteiger partial charge in [0.15, 0.2) is 0 Å². The Kier molecular flexibility index (Phi) is 8.36. The van der Waals surface area contributed by atoms with E-state index in [-0.39, 0.29) is 29.4 Å². The fourth-order valence-electron chi connectivity index (χ4n) is 4.15. The van der Waals surface area contributed by atoms with Gasteiger partial charge in [-0.15, -0.1) is 0 Å². The highest BCUT2D eigenvalue weighted by Gasteiger charge is 2.36. The SMILES string of the molecule is Cc1ccc(C(=O)Nc2cc(CN(C)C(C)C)c(F)c(C(F)(F)F)c2)cc1N(N)/C=C(\N)c1cnc2[nH]ccc2c1. The molecule has 2 aromatic carbocycles. The summed E-state index contributed by atoms with van der Waals surface area (Å²) in [6.45, 7) is 5.38. The standard InChI is InChI=1S/C29H31F4N7O/c1-16(2)39(4)14-21-10-22(12-23(26(21)30)29(31,32)33)38-28(41)19-6-5-17(3)25(11-19)40(35)15-24(34)20-9-18-7-8-36-27(18)37-13-20/h5-13,15-16H,14,34-35H2,1-4H3,(H,36,37)(H,38,41)/b24-15-. The molecule has 216 valence electrons. The summed E-state index contributed by atoms with van der Waals surface area (Å²) in [6, 6.07) is 10.1. The Bertz CT molecular complexity index is 1610. The molecule has 4 aromatic rings. The molecule has 1 amide bonds. The van der Waals surface area contributed by atoms with E-state index in [1.54, 1.807) is 37.3 Å². The number of fused-ring (bicyclic) bond motifs is 1. The zero-order chi connectivity index (χ0) is 30.1. The van der Waals surface area contributed by atoms with Crippen molar-refractivity contribution in [1.29, 1.82) is 0 Å². The normalized spacial score (nSPS) is 12.4. The third kappa shape index (κ3) is 6.67. The van der Waals surface area contributed by atoms with Crippen molar-refractivity contribution in [1.82, 2.24) is 14.9 Å². The Morgan fingerprint density at radius 1 is 1.15 bits per heavy atom. The summed E-state index contributed by atoms with van der Waals surface area (Å²) >= 11 is 0. The van der Waals surface area contributed by atoms with Gasteiger partial charge in [-0.05, 0) is 69.8 Å². The number of benzene rings is 2. The van der Waals surface area contributed by atoms with E-state index in [0.29, 0.717) is 34.2 Å². The summed E-state index contributed by atoms with van der Waals surface area (Å²) in [5.74, 6) is 4.21. The van der Waals surface area contributed by atoms with E-state index >= 15 is 0 Å². The van der Waals surface area contributed by atoms with Crippen molar-refractivity contribution in [3.63, 3.8) is 0 Å². The number of amides is 1. The van der Waals surface area contributed by atoms with E-state index in [0.717, 1.165) is 5.39 Å². The van der Waals surface area contributed by atoms with Crippen molar-refractivity contribution >= 4 is 34.0 Å². The molecular weight excluding hydrogens is 538 g/mol. The first kappa shape index (κ1) is 29.6. The lowest BCUT2D eigenvalue weighted by Crippen LogP contribution is -2.27. The second-order valence-electron chi connectivity index (χ2n) is 10.1. The molecule has 0 saturated heterocycles. The number of halogens is 4. The number of carbonyl (C=O) groups is 1. The minimum Gasteiger partial charge on any atom is -0.397 e. The molecule has 0 spiro atoms. The average molecular weight is 570 g/mol. The van der Waals surface area contributed by atoms with Crippen molar-refractivity contribution in [3.05, 3.63) is 94.7 Å². The third-order valence-corrected chi connectivity index (χ3v) is 6.77. The number of rotatable bonds is 8. The molecule has 8 nitrogen and oxygen atoms in total. The number of nitrogens with one attached hydrogen (secondary N) is 2. The number of aryl methyl sites for hydroxylation is 1. The maximum atomic E-state index is 14.8. The topological polar surface area (TPSA) is 116 Å². The molecule has 0 saturated carbocycles. The van der Waals surface area contributed by atoms with E-state index < -0.39 is 23.5 Å². The molecule has 0 atom stereocenters. The molecule has 12 heteroatoms. The number of aromatic nitrogens is 2. The van der Waals surface area contributed by atoms with Crippen molar-refractivity contribution < 1.29 is 22.4 Å². The number of hydrogen-bond acceptors (Lipinski definition) is 6. The second kappa shape index (κ2) is 11.6. The van der Waals surface area contributed by atoms with Gasteiger partial charge < -0.3 is 16.0 Å². The van der Waals surface area contributed by atoms with Crippen molar-refractivity contribution in [2.45, 2.75) is 39.5 Å². The lowest BCUT2D eigenvalue weighted by atomic mass is 10.1. The van der Waals surface area contributed by atoms with Gasteiger partial charge in [-0.2, -0.15) is 13.2 Å². The molecule has 41 heavy (non-hydrogen) atoms. The first-order valence-electron chi connectivity index (χ1n) is 12.7. The lowest BCUT2D eigenvalue weighted by Gasteiger charge is -2.23. The van der Waals surface area contributed by atoms with Gasteiger partial charge in [-0.1, -0.05) is 6.07 Å². The average Bonchev–Trinajstić information content (AvgIpc) is 3.37.